The van der Waals surface area contributed by atoms with Gasteiger partial charge < -0.3 is 15.4 Å². The van der Waals surface area contributed by atoms with Gasteiger partial charge in [-0.15, -0.1) is 0 Å². The minimum atomic E-state index is -0.757. The number of esters is 1. The molecule has 1 unspecified atom stereocenters. The Morgan fingerprint density at radius 2 is 1.95 bits per heavy atom. The highest BCUT2D eigenvalue weighted by Gasteiger charge is 2.16. The van der Waals surface area contributed by atoms with Crippen molar-refractivity contribution in [3.8, 4) is 0 Å². The molecule has 2 amide bonds. The zero-order valence-corrected chi connectivity index (χ0v) is 12.7. The van der Waals surface area contributed by atoms with Crippen molar-refractivity contribution in [3.63, 3.8) is 0 Å². The third-order valence-corrected chi connectivity index (χ3v) is 3.15. The third kappa shape index (κ3) is 4.65. The maximum atomic E-state index is 11.8. The van der Waals surface area contributed by atoms with Gasteiger partial charge >= 0.3 is 5.97 Å². The van der Waals surface area contributed by atoms with Gasteiger partial charge in [0.2, 0.25) is 5.91 Å². The highest BCUT2D eigenvalue weighted by atomic mass is 79.9. The summed E-state index contributed by atoms with van der Waals surface area (Å²) in [5, 5.41) is 4.88. The Kier molecular flexibility index (Phi) is 6.17. The number of carbonyl (C=O) groups is 3. The summed E-state index contributed by atoms with van der Waals surface area (Å²) in [7, 11) is 1.24. The van der Waals surface area contributed by atoms with Crippen LogP contribution in [0.3, 0.4) is 0 Å². The summed E-state index contributed by atoms with van der Waals surface area (Å²) in [4.78, 5) is 34.5. The van der Waals surface area contributed by atoms with E-state index in [4.69, 9.17) is 0 Å². The number of benzene rings is 1. The molecule has 0 aliphatic heterocycles. The summed E-state index contributed by atoms with van der Waals surface area (Å²) in [6.07, 6.45) is 0. The quantitative estimate of drug-likeness (QED) is 0.777. The topological polar surface area (TPSA) is 84.5 Å². The molecule has 0 saturated carbocycles. The number of nitrogens with one attached hydrogen (secondary N) is 2. The van der Waals surface area contributed by atoms with Crippen molar-refractivity contribution < 1.29 is 19.1 Å². The van der Waals surface area contributed by atoms with E-state index in [1.165, 1.54) is 14.0 Å². The molecule has 0 bridgehead atoms. The molecule has 7 heteroatoms. The van der Waals surface area contributed by atoms with E-state index in [9.17, 15) is 14.4 Å². The summed E-state index contributed by atoms with van der Waals surface area (Å²) >= 11 is 3.25. The second-order valence-electron chi connectivity index (χ2n) is 3.97. The van der Waals surface area contributed by atoms with E-state index in [1.807, 2.05) is 0 Å². The SMILES string of the molecule is COC(=O)C(C)NC(=O)CNC(=O)c1ccccc1Br. The molecule has 0 aliphatic rings. The van der Waals surface area contributed by atoms with E-state index < -0.39 is 17.9 Å². The van der Waals surface area contributed by atoms with Crippen LogP contribution in [-0.2, 0) is 14.3 Å². The number of methoxy groups -OCH3 is 1. The van der Waals surface area contributed by atoms with Gasteiger partial charge in [0.25, 0.3) is 5.91 Å². The Morgan fingerprint density at radius 1 is 1.30 bits per heavy atom. The van der Waals surface area contributed by atoms with Gasteiger partial charge in [0.15, 0.2) is 0 Å². The van der Waals surface area contributed by atoms with Crippen molar-refractivity contribution >= 4 is 33.7 Å². The van der Waals surface area contributed by atoms with Crippen molar-refractivity contribution in [2.45, 2.75) is 13.0 Å². The number of ether oxygens (including phenoxy) is 1. The first-order valence-corrected chi connectivity index (χ1v) is 6.65. The molecule has 0 fully saturated rings. The lowest BCUT2D eigenvalue weighted by Gasteiger charge is -2.12. The number of hydrogen-bond donors (Lipinski definition) is 2. The molecule has 2 N–H and O–H groups in total. The first-order chi connectivity index (χ1) is 9.45. The van der Waals surface area contributed by atoms with E-state index in [0.29, 0.717) is 10.0 Å². The number of carbonyl (C=O) groups excluding carboxylic acids is 3. The highest BCUT2D eigenvalue weighted by Crippen LogP contribution is 2.15. The highest BCUT2D eigenvalue weighted by molar-refractivity contribution is 9.10. The summed E-state index contributed by atoms with van der Waals surface area (Å²) in [6, 6.07) is 6.11. The van der Waals surface area contributed by atoms with E-state index in [2.05, 4.69) is 31.3 Å². The minimum absolute atomic E-state index is 0.221. The van der Waals surface area contributed by atoms with Crippen molar-refractivity contribution in [2.75, 3.05) is 13.7 Å². The van der Waals surface area contributed by atoms with E-state index >= 15 is 0 Å². The third-order valence-electron chi connectivity index (χ3n) is 2.46. The molecule has 6 nitrogen and oxygen atoms in total. The zero-order valence-electron chi connectivity index (χ0n) is 11.1. The van der Waals surface area contributed by atoms with Crippen molar-refractivity contribution in [3.05, 3.63) is 34.3 Å². The van der Waals surface area contributed by atoms with E-state index in [1.54, 1.807) is 24.3 Å². The summed E-state index contributed by atoms with van der Waals surface area (Å²) in [6.45, 7) is 1.28. The lowest BCUT2D eigenvalue weighted by atomic mass is 10.2. The van der Waals surface area contributed by atoms with Crippen LogP contribution in [0.4, 0.5) is 0 Å². The fourth-order valence-electron chi connectivity index (χ4n) is 1.43. The van der Waals surface area contributed by atoms with Crippen LogP contribution in [0.25, 0.3) is 0 Å². The Labute approximate surface area is 125 Å². The van der Waals surface area contributed by atoms with Gasteiger partial charge in [0.05, 0.1) is 19.2 Å². The summed E-state index contributed by atoms with van der Waals surface area (Å²) in [5.41, 5.74) is 0.432. The van der Waals surface area contributed by atoms with Gasteiger partial charge in [-0.2, -0.15) is 0 Å². The monoisotopic (exact) mass is 342 g/mol. The first-order valence-electron chi connectivity index (χ1n) is 5.85. The molecule has 1 aromatic carbocycles. The van der Waals surface area contributed by atoms with Crippen LogP contribution in [-0.4, -0.2) is 37.5 Å². The van der Waals surface area contributed by atoms with Crippen LogP contribution >= 0.6 is 15.9 Å². The fraction of sp³-hybridized carbons (Fsp3) is 0.308. The fourth-order valence-corrected chi connectivity index (χ4v) is 1.89. The molecule has 108 valence electrons. The van der Waals surface area contributed by atoms with Crippen LogP contribution in [0, 0.1) is 0 Å². The normalized spacial score (nSPS) is 11.3. The lowest BCUT2D eigenvalue weighted by Crippen LogP contribution is -2.44. The van der Waals surface area contributed by atoms with Crippen molar-refractivity contribution in [1.29, 1.82) is 0 Å². The number of halogens is 1. The Balaban J connectivity index is 2.47. The molecule has 1 rings (SSSR count). The zero-order chi connectivity index (χ0) is 15.1. The number of rotatable bonds is 5. The van der Waals surface area contributed by atoms with E-state index in [-0.39, 0.29) is 12.5 Å². The number of amides is 2. The first kappa shape index (κ1) is 16.2. The van der Waals surface area contributed by atoms with Crippen LogP contribution in [0.2, 0.25) is 0 Å². The molecule has 20 heavy (non-hydrogen) atoms. The standard InChI is InChI=1S/C13H15BrN2O4/c1-8(13(19)20-2)16-11(17)7-15-12(18)9-5-3-4-6-10(9)14/h3-6,8H,7H2,1-2H3,(H,15,18)(H,16,17). The second-order valence-corrected chi connectivity index (χ2v) is 4.83. The molecule has 1 atom stereocenters. The van der Waals surface area contributed by atoms with Gasteiger partial charge in [-0.25, -0.2) is 4.79 Å². The lowest BCUT2D eigenvalue weighted by molar-refractivity contribution is -0.144. The van der Waals surface area contributed by atoms with E-state index in [0.717, 1.165) is 0 Å². The average Bonchev–Trinajstić information content (AvgIpc) is 2.44. The van der Waals surface area contributed by atoms with Gasteiger partial charge in [-0.05, 0) is 35.0 Å². The predicted octanol–water partition coefficient (Wildman–Crippen LogP) is 0.857. The molecule has 0 saturated heterocycles. The summed E-state index contributed by atoms with van der Waals surface area (Å²) < 4.78 is 5.12. The summed E-state index contributed by atoms with van der Waals surface area (Å²) in [5.74, 6) is -1.39. The predicted molar refractivity (Wildman–Crippen MR) is 76.1 cm³/mol. The molecule has 1 aromatic rings. The molecule has 0 radical (unpaired) electrons. The molecule has 0 spiro atoms. The van der Waals surface area contributed by atoms with Gasteiger partial charge in [0.1, 0.15) is 6.04 Å². The maximum absolute atomic E-state index is 11.8. The Morgan fingerprint density at radius 3 is 2.55 bits per heavy atom. The van der Waals surface area contributed by atoms with Crippen molar-refractivity contribution in [1.82, 2.24) is 10.6 Å². The van der Waals surface area contributed by atoms with Crippen LogP contribution in [0.1, 0.15) is 17.3 Å². The second kappa shape index (κ2) is 7.64. The maximum Gasteiger partial charge on any atom is 0.328 e. The molecule has 0 aliphatic carbocycles. The van der Waals surface area contributed by atoms with Gasteiger partial charge in [-0.3, -0.25) is 9.59 Å². The Hall–Kier alpha value is -1.89. The van der Waals surface area contributed by atoms with Gasteiger partial charge in [-0.1, -0.05) is 12.1 Å². The average molecular weight is 343 g/mol. The molecule has 0 aromatic heterocycles. The van der Waals surface area contributed by atoms with Crippen LogP contribution < -0.4 is 10.6 Å². The number of hydrogen-bond acceptors (Lipinski definition) is 4. The smallest absolute Gasteiger partial charge is 0.328 e. The largest absolute Gasteiger partial charge is 0.467 e. The van der Waals surface area contributed by atoms with Crippen LogP contribution in [0.15, 0.2) is 28.7 Å². The van der Waals surface area contributed by atoms with Crippen LogP contribution in [0.5, 0.6) is 0 Å². The van der Waals surface area contributed by atoms with Gasteiger partial charge in [0, 0.05) is 4.47 Å². The molecular weight excluding hydrogens is 328 g/mol. The van der Waals surface area contributed by atoms with Crippen molar-refractivity contribution in [2.24, 2.45) is 0 Å². The molecule has 0 heterocycles. The Bertz CT molecular complexity index is 519. The minimum Gasteiger partial charge on any atom is -0.467 e. The molecular formula is C13H15BrN2O4.